The Labute approximate surface area is 246 Å². The van der Waals surface area contributed by atoms with Crippen LogP contribution in [0.3, 0.4) is 0 Å². The summed E-state index contributed by atoms with van der Waals surface area (Å²) in [4.78, 5) is 51.2. The van der Waals surface area contributed by atoms with Crippen LogP contribution in [0.25, 0.3) is 0 Å². The van der Waals surface area contributed by atoms with E-state index in [2.05, 4.69) is 35.7 Å². The summed E-state index contributed by atoms with van der Waals surface area (Å²) in [5.41, 5.74) is 8.32. The Balaban J connectivity index is 0.000000910. The number of allylic oxidation sites excluding steroid dienone is 2. The molecule has 228 valence electrons. The average molecular weight is 584 g/mol. The molecule has 2 aliphatic heterocycles. The lowest BCUT2D eigenvalue weighted by Gasteiger charge is -2.36. The van der Waals surface area contributed by atoms with Crippen LogP contribution in [0.5, 0.6) is 0 Å². The van der Waals surface area contributed by atoms with Gasteiger partial charge >= 0.3 is 0 Å². The molecular weight excluding hydrogens is 540 g/mol. The standard InChI is InChI=1S/C26H31N7O4.C2H6.CH6NO/c27-22-24(25(34)19-5-3-8-28-23(19)26(22)35)29-9-4-10-30-13-15-31(16-14-30)18-6-7-20(33(36)37)21(17-18)32-11-1-2-12-32;1-2;1-3-2/h3,5-8,17,29H,1-2,4,9-16,27H2;1-2H3;1-2H3/q;;+1. The SMILES string of the molecule is CC.CO[NH3+].NC1=C(NCCCN2CCN(c3ccc([N+](=O)[O-])c(N4CCCC4)c3)CC2)C(=O)c2cccnc2C1=O. The fraction of sp³-hybridized carbons (Fsp3) is 0.483. The van der Waals surface area contributed by atoms with Crippen molar-refractivity contribution in [2.75, 3.05) is 69.3 Å². The van der Waals surface area contributed by atoms with E-state index in [0.717, 1.165) is 76.5 Å². The van der Waals surface area contributed by atoms with Gasteiger partial charge in [0.1, 0.15) is 22.8 Å². The van der Waals surface area contributed by atoms with Gasteiger partial charge in [0.05, 0.1) is 17.6 Å². The Morgan fingerprint density at radius 1 is 1.05 bits per heavy atom. The van der Waals surface area contributed by atoms with Gasteiger partial charge in [-0.25, -0.2) is 10.7 Å². The topological polar surface area (TPSA) is 175 Å². The van der Waals surface area contributed by atoms with E-state index in [1.165, 1.54) is 13.3 Å². The molecule has 13 nitrogen and oxygen atoms in total. The number of ketones is 2. The lowest BCUT2D eigenvalue weighted by Crippen LogP contribution is -2.47. The number of hydrogen-bond donors (Lipinski definition) is 3. The zero-order chi connectivity index (χ0) is 30.6. The first-order valence-electron chi connectivity index (χ1n) is 14.4. The van der Waals surface area contributed by atoms with Gasteiger partial charge in [-0.15, -0.1) is 0 Å². The molecule has 1 aromatic heterocycles. The number of nitro groups is 1. The lowest BCUT2D eigenvalue weighted by atomic mass is 9.94. The molecule has 1 aromatic carbocycles. The number of rotatable bonds is 8. The first-order valence-corrected chi connectivity index (χ1v) is 14.4. The third-order valence-corrected chi connectivity index (χ3v) is 7.30. The van der Waals surface area contributed by atoms with E-state index in [4.69, 9.17) is 5.73 Å². The molecule has 3 heterocycles. The van der Waals surface area contributed by atoms with E-state index in [1.54, 1.807) is 18.2 Å². The van der Waals surface area contributed by atoms with E-state index >= 15 is 0 Å². The van der Waals surface area contributed by atoms with Crippen molar-refractivity contribution in [3.05, 3.63) is 69.3 Å². The number of carbonyl (C=O) groups is 2. The summed E-state index contributed by atoms with van der Waals surface area (Å²) in [6.45, 7) is 10.5. The number of carbonyl (C=O) groups excluding carboxylic acids is 2. The molecule has 6 N–H and O–H groups in total. The smallest absolute Gasteiger partial charge is 0.292 e. The molecule has 42 heavy (non-hydrogen) atoms. The number of quaternary nitrogens is 1. The number of Topliss-reactive ketones (excluding diaryl/α,β-unsaturated/α-hetero) is 2. The predicted molar refractivity (Wildman–Crippen MR) is 161 cm³/mol. The number of nitrogens with two attached hydrogens (primary N) is 1. The second-order valence-electron chi connectivity index (χ2n) is 9.87. The van der Waals surface area contributed by atoms with Gasteiger partial charge in [0.15, 0.2) is 0 Å². The van der Waals surface area contributed by atoms with Crippen LogP contribution in [0.4, 0.5) is 17.1 Å². The quantitative estimate of drug-likeness (QED) is 0.235. The molecule has 2 saturated heterocycles. The summed E-state index contributed by atoms with van der Waals surface area (Å²) >= 11 is 0. The highest BCUT2D eigenvalue weighted by Gasteiger charge is 2.31. The van der Waals surface area contributed by atoms with Gasteiger partial charge in [0, 0.05) is 63.8 Å². The molecule has 5 rings (SSSR count). The van der Waals surface area contributed by atoms with Gasteiger partial charge in [-0.1, -0.05) is 13.8 Å². The molecule has 0 spiro atoms. The number of piperazine rings is 1. The van der Waals surface area contributed by atoms with Crippen LogP contribution in [-0.2, 0) is 4.84 Å². The Hall–Kier alpha value is -4.07. The van der Waals surface area contributed by atoms with Crippen molar-refractivity contribution < 1.29 is 25.2 Å². The minimum absolute atomic E-state index is 0.0822. The highest BCUT2D eigenvalue weighted by atomic mass is 16.6. The summed E-state index contributed by atoms with van der Waals surface area (Å²) in [7, 11) is 1.51. The number of nitro benzene ring substituents is 1. The molecule has 2 aromatic rings. The minimum atomic E-state index is -0.423. The third kappa shape index (κ3) is 7.60. The fourth-order valence-corrected chi connectivity index (χ4v) is 5.26. The molecule has 0 bridgehead atoms. The van der Waals surface area contributed by atoms with Crippen LogP contribution in [0.1, 0.15) is 54.0 Å². The molecule has 3 aliphatic rings. The number of pyridine rings is 1. The normalized spacial score (nSPS) is 16.8. The molecule has 0 unspecified atom stereocenters. The largest absolute Gasteiger partial charge is 0.394 e. The molecule has 0 atom stereocenters. The van der Waals surface area contributed by atoms with E-state index in [0.29, 0.717) is 6.54 Å². The van der Waals surface area contributed by atoms with Crippen molar-refractivity contribution in [3.63, 3.8) is 0 Å². The van der Waals surface area contributed by atoms with Crippen molar-refractivity contribution in [2.45, 2.75) is 33.1 Å². The summed E-state index contributed by atoms with van der Waals surface area (Å²) in [6.07, 6.45) is 4.39. The number of nitrogens with zero attached hydrogens (tertiary/aromatic N) is 5. The molecule has 0 saturated carbocycles. The minimum Gasteiger partial charge on any atom is -0.394 e. The van der Waals surface area contributed by atoms with Gasteiger partial charge in [-0.05, 0) is 50.1 Å². The maximum atomic E-state index is 12.8. The van der Waals surface area contributed by atoms with Crippen LogP contribution < -0.4 is 26.7 Å². The summed E-state index contributed by atoms with van der Waals surface area (Å²) in [5.74, 6) is 2.26. The summed E-state index contributed by atoms with van der Waals surface area (Å²) in [6, 6.07) is 8.68. The second kappa shape index (κ2) is 15.8. The van der Waals surface area contributed by atoms with Crippen molar-refractivity contribution >= 4 is 28.6 Å². The lowest BCUT2D eigenvalue weighted by molar-refractivity contribution is -0.679. The number of benzene rings is 1. The zero-order valence-corrected chi connectivity index (χ0v) is 24.8. The first kappa shape index (κ1) is 32.4. The van der Waals surface area contributed by atoms with Gasteiger partial charge < -0.3 is 20.9 Å². The number of anilines is 2. The van der Waals surface area contributed by atoms with E-state index in [1.807, 2.05) is 26.0 Å². The van der Waals surface area contributed by atoms with Gasteiger partial charge in [0.25, 0.3) is 5.69 Å². The number of hydrogen-bond acceptors (Lipinski definition) is 11. The molecule has 0 radical (unpaired) electrons. The van der Waals surface area contributed by atoms with Crippen molar-refractivity contribution in [1.29, 1.82) is 0 Å². The fourth-order valence-electron chi connectivity index (χ4n) is 5.26. The molecule has 0 amide bonds. The Morgan fingerprint density at radius 2 is 1.71 bits per heavy atom. The number of aromatic nitrogens is 1. The monoisotopic (exact) mass is 583 g/mol. The van der Waals surface area contributed by atoms with E-state index in [-0.39, 0.29) is 39.0 Å². The highest BCUT2D eigenvalue weighted by Crippen LogP contribution is 2.35. The molecule has 13 heteroatoms. The zero-order valence-electron chi connectivity index (χ0n) is 24.8. The van der Waals surface area contributed by atoms with Gasteiger partial charge in [-0.3, -0.25) is 29.6 Å². The van der Waals surface area contributed by atoms with E-state index < -0.39 is 5.78 Å². The Bertz CT molecular complexity index is 1270. The predicted octanol–water partition coefficient (Wildman–Crippen LogP) is 1.76. The molecular formula is C29H43N8O5+. The van der Waals surface area contributed by atoms with Crippen LogP contribution in [0.15, 0.2) is 47.9 Å². The van der Waals surface area contributed by atoms with Gasteiger partial charge in [0.2, 0.25) is 11.6 Å². The Morgan fingerprint density at radius 3 is 2.36 bits per heavy atom. The van der Waals surface area contributed by atoms with Crippen LogP contribution in [-0.4, -0.2) is 85.8 Å². The number of nitrogens with one attached hydrogen (secondary N) is 1. The third-order valence-electron chi connectivity index (χ3n) is 7.30. The molecule has 2 fully saturated rings. The summed E-state index contributed by atoms with van der Waals surface area (Å²) < 4.78 is 0. The molecule has 1 aliphatic carbocycles. The Kier molecular flexibility index (Phi) is 12.2. The maximum absolute atomic E-state index is 12.8. The van der Waals surface area contributed by atoms with Crippen molar-refractivity contribution in [3.8, 4) is 0 Å². The van der Waals surface area contributed by atoms with Gasteiger partial charge in [-0.2, -0.15) is 0 Å². The van der Waals surface area contributed by atoms with Crippen LogP contribution in [0.2, 0.25) is 0 Å². The summed E-state index contributed by atoms with van der Waals surface area (Å²) in [5, 5.41) is 14.6. The van der Waals surface area contributed by atoms with E-state index in [9.17, 15) is 19.7 Å². The average Bonchev–Trinajstić information content (AvgIpc) is 3.56. The maximum Gasteiger partial charge on any atom is 0.292 e. The highest BCUT2D eigenvalue weighted by molar-refractivity contribution is 6.25. The second-order valence-corrected chi connectivity index (χ2v) is 9.87. The van der Waals surface area contributed by atoms with Crippen molar-refractivity contribution in [2.24, 2.45) is 5.73 Å². The van der Waals surface area contributed by atoms with Crippen molar-refractivity contribution in [1.82, 2.24) is 15.2 Å². The number of fused-ring (bicyclic) bond motifs is 1. The van der Waals surface area contributed by atoms with Crippen LogP contribution in [0, 0.1) is 10.1 Å². The first-order chi connectivity index (χ1) is 20.3. The van der Waals surface area contributed by atoms with Crippen LogP contribution >= 0.6 is 0 Å².